The summed E-state index contributed by atoms with van der Waals surface area (Å²) < 4.78 is 0. The van der Waals surface area contributed by atoms with Crippen LogP contribution in [0.2, 0.25) is 0 Å². The Labute approximate surface area is 96.6 Å². The lowest BCUT2D eigenvalue weighted by atomic mass is 9.91. The molecule has 2 heteroatoms. The number of carbonyl (C=O) groups excluding carboxylic acids is 1. The number of benzene rings is 1. The van der Waals surface area contributed by atoms with E-state index in [-0.39, 0.29) is 11.7 Å². The van der Waals surface area contributed by atoms with Crippen LogP contribution in [-0.4, -0.2) is 17.0 Å². The van der Waals surface area contributed by atoms with Crippen LogP contribution >= 0.6 is 0 Å². The van der Waals surface area contributed by atoms with Crippen LogP contribution in [0.1, 0.15) is 30.1 Å². The molecule has 0 radical (unpaired) electrons. The van der Waals surface area contributed by atoms with E-state index in [1.807, 2.05) is 13.0 Å². The SMILES string of the molecule is C=C[C@H](CCC)[C@@H](O)C(=O)c1ccccc1. The van der Waals surface area contributed by atoms with Gasteiger partial charge in [-0.15, -0.1) is 6.58 Å². The minimum atomic E-state index is -0.972. The first-order chi connectivity index (χ1) is 7.70. The normalized spacial score (nSPS) is 14.1. The van der Waals surface area contributed by atoms with Gasteiger partial charge in [0.2, 0.25) is 0 Å². The van der Waals surface area contributed by atoms with Crippen molar-refractivity contribution in [1.82, 2.24) is 0 Å². The van der Waals surface area contributed by atoms with Crippen molar-refractivity contribution in [2.45, 2.75) is 25.9 Å². The van der Waals surface area contributed by atoms with Crippen molar-refractivity contribution in [3.63, 3.8) is 0 Å². The molecule has 0 aliphatic carbocycles. The molecule has 2 atom stereocenters. The molecule has 0 aliphatic rings. The number of hydrogen-bond donors (Lipinski definition) is 1. The molecule has 1 N–H and O–H groups in total. The zero-order chi connectivity index (χ0) is 12.0. The zero-order valence-electron chi connectivity index (χ0n) is 9.60. The maximum absolute atomic E-state index is 11.9. The van der Waals surface area contributed by atoms with Crippen LogP contribution in [0.15, 0.2) is 43.0 Å². The topological polar surface area (TPSA) is 37.3 Å². The van der Waals surface area contributed by atoms with Crippen molar-refractivity contribution < 1.29 is 9.90 Å². The Bertz CT molecular complexity index is 343. The highest BCUT2D eigenvalue weighted by atomic mass is 16.3. The molecule has 86 valence electrons. The van der Waals surface area contributed by atoms with E-state index >= 15 is 0 Å². The van der Waals surface area contributed by atoms with Gasteiger partial charge < -0.3 is 5.11 Å². The lowest BCUT2D eigenvalue weighted by Gasteiger charge is -2.17. The van der Waals surface area contributed by atoms with E-state index in [0.717, 1.165) is 12.8 Å². The molecule has 0 fully saturated rings. The van der Waals surface area contributed by atoms with Crippen LogP contribution < -0.4 is 0 Å². The van der Waals surface area contributed by atoms with E-state index in [1.165, 1.54) is 0 Å². The van der Waals surface area contributed by atoms with Gasteiger partial charge in [-0.25, -0.2) is 0 Å². The zero-order valence-corrected chi connectivity index (χ0v) is 9.60. The van der Waals surface area contributed by atoms with E-state index in [2.05, 4.69) is 6.58 Å². The van der Waals surface area contributed by atoms with Crippen LogP contribution in [-0.2, 0) is 0 Å². The van der Waals surface area contributed by atoms with Crippen molar-refractivity contribution >= 4 is 5.78 Å². The number of aliphatic hydroxyl groups excluding tert-OH is 1. The predicted molar refractivity (Wildman–Crippen MR) is 65.4 cm³/mol. The van der Waals surface area contributed by atoms with Crippen molar-refractivity contribution in [2.24, 2.45) is 5.92 Å². The van der Waals surface area contributed by atoms with Gasteiger partial charge in [-0.05, 0) is 6.42 Å². The van der Waals surface area contributed by atoms with Crippen LogP contribution in [0, 0.1) is 5.92 Å². The van der Waals surface area contributed by atoms with Crippen LogP contribution in [0.3, 0.4) is 0 Å². The highest BCUT2D eigenvalue weighted by Crippen LogP contribution is 2.16. The second-order valence-corrected chi connectivity index (χ2v) is 3.86. The summed E-state index contributed by atoms with van der Waals surface area (Å²) in [5, 5.41) is 9.94. The van der Waals surface area contributed by atoms with Gasteiger partial charge >= 0.3 is 0 Å². The Morgan fingerprint density at radius 1 is 1.44 bits per heavy atom. The smallest absolute Gasteiger partial charge is 0.191 e. The molecule has 0 spiro atoms. The molecule has 1 aromatic carbocycles. The third-order valence-electron chi connectivity index (χ3n) is 2.66. The van der Waals surface area contributed by atoms with Crippen LogP contribution in [0.25, 0.3) is 0 Å². The van der Waals surface area contributed by atoms with Crippen LogP contribution in [0.4, 0.5) is 0 Å². The first-order valence-corrected chi connectivity index (χ1v) is 5.60. The number of ketones is 1. The van der Waals surface area contributed by atoms with Gasteiger partial charge in [-0.1, -0.05) is 49.8 Å². The molecule has 16 heavy (non-hydrogen) atoms. The summed E-state index contributed by atoms with van der Waals surface area (Å²) >= 11 is 0. The van der Waals surface area contributed by atoms with Gasteiger partial charge in [-0.2, -0.15) is 0 Å². The Balaban J connectivity index is 2.77. The first-order valence-electron chi connectivity index (χ1n) is 5.60. The average Bonchev–Trinajstić information content (AvgIpc) is 2.35. The molecular formula is C14H18O2. The molecule has 0 amide bonds. The number of aliphatic hydroxyl groups is 1. The summed E-state index contributed by atoms with van der Waals surface area (Å²) in [6.45, 7) is 5.69. The number of hydrogen-bond acceptors (Lipinski definition) is 2. The maximum atomic E-state index is 11.9. The number of carbonyl (C=O) groups is 1. The highest BCUT2D eigenvalue weighted by molar-refractivity contribution is 5.99. The molecule has 0 saturated heterocycles. The quantitative estimate of drug-likeness (QED) is 0.589. The molecule has 1 rings (SSSR count). The van der Waals surface area contributed by atoms with E-state index < -0.39 is 6.10 Å². The fraction of sp³-hybridized carbons (Fsp3) is 0.357. The van der Waals surface area contributed by atoms with E-state index in [9.17, 15) is 9.90 Å². The van der Waals surface area contributed by atoms with Crippen molar-refractivity contribution in [1.29, 1.82) is 0 Å². The molecule has 2 nitrogen and oxygen atoms in total. The molecule has 0 bridgehead atoms. The van der Waals surface area contributed by atoms with E-state index in [0.29, 0.717) is 5.56 Å². The molecular weight excluding hydrogens is 200 g/mol. The molecule has 0 unspecified atom stereocenters. The number of Topliss-reactive ketones (excluding diaryl/α,β-unsaturated/α-hetero) is 1. The van der Waals surface area contributed by atoms with E-state index in [1.54, 1.807) is 30.3 Å². The standard InChI is InChI=1S/C14H18O2/c1-3-8-11(4-2)13(15)14(16)12-9-6-5-7-10-12/h4-7,9-11,13,15H,2-3,8H2,1H3/t11-,13-/m1/s1. The van der Waals surface area contributed by atoms with Crippen molar-refractivity contribution in [3.05, 3.63) is 48.6 Å². The maximum Gasteiger partial charge on any atom is 0.191 e. The Morgan fingerprint density at radius 3 is 2.56 bits per heavy atom. The third kappa shape index (κ3) is 3.04. The fourth-order valence-corrected chi connectivity index (χ4v) is 1.71. The minimum Gasteiger partial charge on any atom is -0.384 e. The predicted octanol–water partition coefficient (Wildman–Crippen LogP) is 2.83. The van der Waals surface area contributed by atoms with Gasteiger partial charge in [0.05, 0.1) is 0 Å². The Hall–Kier alpha value is -1.41. The Kier molecular flexibility index (Phi) is 4.93. The van der Waals surface area contributed by atoms with Gasteiger partial charge in [0.25, 0.3) is 0 Å². The average molecular weight is 218 g/mol. The number of rotatable bonds is 6. The van der Waals surface area contributed by atoms with Gasteiger partial charge in [-0.3, -0.25) is 4.79 Å². The lowest BCUT2D eigenvalue weighted by Crippen LogP contribution is -2.28. The first kappa shape index (κ1) is 12.7. The summed E-state index contributed by atoms with van der Waals surface area (Å²) in [4.78, 5) is 11.9. The summed E-state index contributed by atoms with van der Waals surface area (Å²) in [6, 6.07) is 8.88. The summed E-state index contributed by atoms with van der Waals surface area (Å²) in [7, 11) is 0. The monoisotopic (exact) mass is 218 g/mol. The fourth-order valence-electron chi connectivity index (χ4n) is 1.71. The second-order valence-electron chi connectivity index (χ2n) is 3.86. The molecule has 0 aromatic heterocycles. The molecule has 0 heterocycles. The summed E-state index contributed by atoms with van der Waals surface area (Å²) in [6.07, 6.45) is 2.40. The van der Waals surface area contributed by atoms with Gasteiger partial charge in [0.15, 0.2) is 5.78 Å². The minimum absolute atomic E-state index is 0.155. The Morgan fingerprint density at radius 2 is 2.06 bits per heavy atom. The van der Waals surface area contributed by atoms with Crippen molar-refractivity contribution in [2.75, 3.05) is 0 Å². The van der Waals surface area contributed by atoms with Gasteiger partial charge in [0.1, 0.15) is 6.10 Å². The van der Waals surface area contributed by atoms with Crippen LogP contribution in [0.5, 0.6) is 0 Å². The third-order valence-corrected chi connectivity index (χ3v) is 2.66. The van der Waals surface area contributed by atoms with Crippen molar-refractivity contribution in [3.8, 4) is 0 Å². The van der Waals surface area contributed by atoms with Gasteiger partial charge in [0, 0.05) is 11.5 Å². The molecule has 0 saturated carbocycles. The molecule has 1 aromatic rings. The summed E-state index contributed by atoms with van der Waals surface area (Å²) in [5.41, 5.74) is 0.554. The largest absolute Gasteiger partial charge is 0.384 e. The second kappa shape index (κ2) is 6.23. The highest BCUT2D eigenvalue weighted by Gasteiger charge is 2.23. The summed E-state index contributed by atoms with van der Waals surface area (Å²) in [5.74, 6) is -0.378. The lowest BCUT2D eigenvalue weighted by molar-refractivity contribution is 0.0648. The van der Waals surface area contributed by atoms with E-state index in [4.69, 9.17) is 0 Å². The molecule has 0 aliphatic heterocycles.